The van der Waals surface area contributed by atoms with Crippen LogP contribution in [0.4, 0.5) is 5.69 Å². The van der Waals surface area contributed by atoms with Gasteiger partial charge in [0.25, 0.3) is 0 Å². The number of aryl methyl sites for hydroxylation is 1. The Morgan fingerprint density at radius 3 is 2.32 bits per heavy atom. The van der Waals surface area contributed by atoms with Crippen molar-refractivity contribution in [3.05, 3.63) is 64.5 Å². The van der Waals surface area contributed by atoms with Gasteiger partial charge in [-0.25, -0.2) is 4.79 Å². The molecule has 0 saturated heterocycles. The van der Waals surface area contributed by atoms with Crippen LogP contribution in [0.1, 0.15) is 27.7 Å². The van der Waals surface area contributed by atoms with E-state index in [1.54, 1.807) is 33.3 Å². The quantitative estimate of drug-likeness (QED) is 0.495. The van der Waals surface area contributed by atoms with E-state index < -0.39 is 5.97 Å². The molecule has 6 nitrogen and oxygen atoms in total. The summed E-state index contributed by atoms with van der Waals surface area (Å²) < 4.78 is 15.9. The first-order valence-corrected chi connectivity index (χ1v) is 10.7. The molecule has 0 aliphatic heterocycles. The van der Waals surface area contributed by atoms with Gasteiger partial charge in [0.1, 0.15) is 4.88 Å². The highest BCUT2D eigenvalue weighted by atomic mass is 32.1. The molecule has 1 N–H and O–H groups in total. The second-order valence-corrected chi connectivity index (χ2v) is 7.91. The van der Waals surface area contributed by atoms with Crippen molar-refractivity contribution in [2.75, 3.05) is 26.1 Å². The molecule has 0 saturated carbocycles. The van der Waals surface area contributed by atoms with Gasteiger partial charge in [-0.3, -0.25) is 4.79 Å². The van der Waals surface area contributed by atoms with Crippen molar-refractivity contribution in [1.82, 2.24) is 0 Å². The predicted molar refractivity (Wildman–Crippen MR) is 122 cm³/mol. The maximum atomic E-state index is 12.6. The first-order valence-electron chi connectivity index (χ1n) is 9.84. The summed E-state index contributed by atoms with van der Waals surface area (Å²) >= 11 is 1.26. The van der Waals surface area contributed by atoms with E-state index in [2.05, 4.69) is 5.32 Å². The highest BCUT2D eigenvalue weighted by Crippen LogP contribution is 2.39. The molecule has 0 spiro atoms. The van der Waals surface area contributed by atoms with Gasteiger partial charge in [-0.1, -0.05) is 29.8 Å². The summed E-state index contributed by atoms with van der Waals surface area (Å²) in [6.07, 6.45) is 0.212. The van der Waals surface area contributed by atoms with Gasteiger partial charge in [-0.15, -0.1) is 11.3 Å². The Bertz CT molecular complexity index is 1070. The summed E-state index contributed by atoms with van der Waals surface area (Å²) in [5.41, 5.74) is 3.31. The van der Waals surface area contributed by atoms with Gasteiger partial charge in [0.15, 0.2) is 11.5 Å². The molecule has 0 aliphatic rings. The Labute approximate surface area is 185 Å². The van der Waals surface area contributed by atoms with Gasteiger partial charge in [-0.2, -0.15) is 0 Å². The third-order valence-corrected chi connectivity index (χ3v) is 5.78. The molecule has 1 heterocycles. The third kappa shape index (κ3) is 5.44. The molecule has 0 aliphatic carbocycles. The number of rotatable bonds is 8. The zero-order chi connectivity index (χ0) is 22.4. The fraction of sp³-hybridized carbons (Fsp3) is 0.250. The van der Waals surface area contributed by atoms with Crippen LogP contribution in [0.5, 0.6) is 11.5 Å². The van der Waals surface area contributed by atoms with Gasteiger partial charge < -0.3 is 19.5 Å². The van der Waals surface area contributed by atoms with E-state index >= 15 is 0 Å². The van der Waals surface area contributed by atoms with Gasteiger partial charge in [0, 0.05) is 4.88 Å². The van der Waals surface area contributed by atoms with Crippen LogP contribution in [0.3, 0.4) is 0 Å². The van der Waals surface area contributed by atoms with Gasteiger partial charge in [-0.05, 0) is 49.2 Å². The Balaban J connectivity index is 1.90. The predicted octanol–water partition coefficient (Wildman–Crippen LogP) is 5.10. The number of hydrogen-bond acceptors (Lipinski definition) is 6. The van der Waals surface area contributed by atoms with Crippen molar-refractivity contribution in [3.63, 3.8) is 0 Å². The molecular formula is C24H25NO5S. The van der Waals surface area contributed by atoms with Crippen molar-refractivity contribution in [2.45, 2.75) is 20.3 Å². The zero-order valence-corrected chi connectivity index (χ0v) is 18.8. The number of carbonyl (C=O) groups excluding carboxylic acids is 2. The number of thiophene rings is 1. The summed E-state index contributed by atoms with van der Waals surface area (Å²) in [5, 5.41) is 2.87. The molecule has 0 atom stereocenters. The van der Waals surface area contributed by atoms with Crippen LogP contribution in [-0.4, -0.2) is 32.7 Å². The maximum absolute atomic E-state index is 12.6. The second kappa shape index (κ2) is 10.1. The van der Waals surface area contributed by atoms with Crippen LogP contribution in [0.15, 0.2) is 48.5 Å². The van der Waals surface area contributed by atoms with Crippen molar-refractivity contribution in [2.24, 2.45) is 0 Å². The molecule has 162 valence electrons. The molecule has 0 bridgehead atoms. The van der Waals surface area contributed by atoms with E-state index in [4.69, 9.17) is 14.2 Å². The lowest BCUT2D eigenvalue weighted by Crippen LogP contribution is -2.16. The van der Waals surface area contributed by atoms with Crippen LogP contribution in [0, 0.1) is 6.92 Å². The minimum atomic E-state index is -0.468. The average Bonchev–Trinajstić information content (AvgIpc) is 3.18. The van der Waals surface area contributed by atoms with Crippen molar-refractivity contribution < 1.29 is 23.8 Å². The number of esters is 1. The molecular weight excluding hydrogens is 414 g/mol. The van der Waals surface area contributed by atoms with E-state index in [0.29, 0.717) is 22.1 Å². The number of ether oxygens (including phenoxy) is 3. The molecule has 7 heteroatoms. The Morgan fingerprint density at radius 2 is 1.68 bits per heavy atom. The van der Waals surface area contributed by atoms with Crippen LogP contribution < -0.4 is 14.8 Å². The molecule has 2 aromatic carbocycles. The van der Waals surface area contributed by atoms with E-state index in [0.717, 1.165) is 21.6 Å². The maximum Gasteiger partial charge on any atom is 0.350 e. The minimum absolute atomic E-state index is 0.203. The molecule has 0 unspecified atom stereocenters. The Kier molecular flexibility index (Phi) is 7.31. The van der Waals surface area contributed by atoms with E-state index in [1.807, 2.05) is 43.3 Å². The monoisotopic (exact) mass is 439 g/mol. The van der Waals surface area contributed by atoms with Crippen molar-refractivity contribution in [3.8, 4) is 21.9 Å². The van der Waals surface area contributed by atoms with Gasteiger partial charge in [0.2, 0.25) is 5.91 Å². The smallest absolute Gasteiger partial charge is 0.350 e. The van der Waals surface area contributed by atoms with Gasteiger partial charge in [0.05, 0.1) is 32.9 Å². The fourth-order valence-corrected chi connectivity index (χ4v) is 4.05. The number of methoxy groups -OCH3 is 2. The third-order valence-electron chi connectivity index (χ3n) is 4.62. The Hall–Kier alpha value is -3.32. The SMILES string of the molecule is CCOC(=O)c1sc(-c2ccc(OC)c(OC)c2)cc1NC(=O)Cc1ccc(C)cc1. The standard InChI is InChI=1S/C24H25NO5S/c1-5-30-24(27)23-18(25-22(26)12-16-8-6-15(2)7-9-16)14-21(31-23)17-10-11-19(28-3)20(13-17)29-4/h6-11,13-14H,5,12H2,1-4H3,(H,25,26). The number of carbonyl (C=O) groups is 2. The fourth-order valence-electron chi connectivity index (χ4n) is 3.05. The molecule has 0 fully saturated rings. The lowest BCUT2D eigenvalue weighted by molar-refractivity contribution is -0.115. The molecule has 1 aromatic heterocycles. The molecule has 31 heavy (non-hydrogen) atoms. The topological polar surface area (TPSA) is 73.9 Å². The van der Waals surface area contributed by atoms with E-state index in [1.165, 1.54) is 11.3 Å². The lowest BCUT2D eigenvalue weighted by Gasteiger charge is -2.08. The minimum Gasteiger partial charge on any atom is -0.493 e. The first-order chi connectivity index (χ1) is 14.9. The van der Waals surface area contributed by atoms with E-state index in [-0.39, 0.29) is 18.9 Å². The lowest BCUT2D eigenvalue weighted by atomic mass is 10.1. The molecule has 3 rings (SSSR count). The first kappa shape index (κ1) is 22.4. The summed E-state index contributed by atoms with van der Waals surface area (Å²) in [4.78, 5) is 26.3. The number of benzene rings is 2. The van der Waals surface area contributed by atoms with Crippen LogP contribution in [-0.2, 0) is 16.0 Å². The highest BCUT2D eigenvalue weighted by molar-refractivity contribution is 7.18. The Morgan fingerprint density at radius 1 is 0.968 bits per heavy atom. The van der Waals surface area contributed by atoms with Crippen molar-refractivity contribution in [1.29, 1.82) is 0 Å². The normalized spacial score (nSPS) is 10.5. The highest BCUT2D eigenvalue weighted by Gasteiger charge is 2.21. The molecule has 0 radical (unpaired) electrons. The number of nitrogens with one attached hydrogen (secondary N) is 1. The number of hydrogen-bond donors (Lipinski definition) is 1. The largest absolute Gasteiger partial charge is 0.493 e. The summed E-state index contributed by atoms with van der Waals surface area (Å²) in [5.74, 6) is 0.520. The van der Waals surface area contributed by atoms with Crippen LogP contribution in [0.2, 0.25) is 0 Å². The molecule has 1 amide bonds. The van der Waals surface area contributed by atoms with E-state index in [9.17, 15) is 9.59 Å². The second-order valence-electron chi connectivity index (χ2n) is 6.85. The van der Waals surface area contributed by atoms with Crippen LogP contribution in [0.25, 0.3) is 10.4 Å². The summed E-state index contributed by atoms with van der Waals surface area (Å²) in [7, 11) is 3.14. The zero-order valence-electron chi connectivity index (χ0n) is 18.0. The van der Waals surface area contributed by atoms with Gasteiger partial charge >= 0.3 is 5.97 Å². The van der Waals surface area contributed by atoms with Crippen LogP contribution >= 0.6 is 11.3 Å². The number of anilines is 1. The summed E-state index contributed by atoms with van der Waals surface area (Å²) in [6, 6.07) is 15.1. The summed E-state index contributed by atoms with van der Waals surface area (Å²) in [6.45, 7) is 3.99. The van der Waals surface area contributed by atoms with Crippen molar-refractivity contribution >= 4 is 28.9 Å². The average molecular weight is 440 g/mol. The number of amides is 1. The molecule has 3 aromatic rings.